The number of hydrogen-bond acceptors (Lipinski definition) is 11. The van der Waals surface area contributed by atoms with Crippen LogP contribution < -0.4 is 28.4 Å². The van der Waals surface area contributed by atoms with Crippen LogP contribution in [0.25, 0.3) is 6.08 Å². The summed E-state index contributed by atoms with van der Waals surface area (Å²) in [6, 6.07) is 6.69. The van der Waals surface area contributed by atoms with E-state index < -0.39 is 11.9 Å². The molecule has 2 rings (SSSR count). The largest absolute Gasteiger partial charge is 0.493 e. The molecule has 0 amide bonds. The fraction of sp³-hybridized carbons (Fsp3) is 0.515. The van der Waals surface area contributed by atoms with Crippen LogP contribution in [0.4, 0.5) is 0 Å². The second kappa shape index (κ2) is 20.0. The van der Waals surface area contributed by atoms with Crippen LogP contribution in [-0.2, 0) is 14.3 Å². The second-order valence-electron chi connectivity index (χ2n) is 9.93. The molecule has 0 bridgehead atoms. The number of hydrogen-bond donors (Lipinski definition) is 0. The predicted octanol–water partition coefficient (Wildman–Crippen LogP) is 5.42. The quantitative estimate of drug-likeness (QED) is 0.102. The molecule has 0 fully saturated rings. The minimum atomic E-state index is -0.425. The van der Waals surface area contributed by atoms with Crippen LogP contribution >= 0.6 is 0 Å². The highest BCUT2D eigenvalue weighted by atomic mass is 16.5. The van der Waals surface area contributed by atoms with E-state index in [1.165, 1.54) is 34.5 Å². The smallest absolute Gasteiger partial charge is 0.338 e. The normalized spacial score (nSPS) is 10.9. The molecular formula is C33H47NO10. The third-order valence-corrected chi connectivity index (χ3v) is 6.85. The topological polar surface area (TPSA) is 111 Å². The molecule has 0 aliphatic rings. The summed E-state index contributed by atoms with van der Waals surface area (Å²) in [5.41, 5.74) is 1.08. The van der Waals surface area contributed by atoms with Gasteiger partial charge in [-0.1, -0.05) is 19.3 Å². The van der Waals surface area contributed by atoms with E-state index in [0.717, 1.165) is 57.2 Å². The van der Waals surface area contributed by atoms with Gasteiger partial charge >= 0.3 is 11.9 Å². The van der Waals surface area contributed by atoms with E-state index in [1.54, 1.807) is 44.6 Å². The highest BCUT2D eigenvalue weighted by molar-refractivity contribution is 5.91. The van der Waals surface area contributed by atoms with Crippen molar-refractivity contribution in [1.29, 1.82) is 0 Å². The monoisotopic (exact) mass is 617 g/mol. The first-order chi connectivity index (χ1) is 21.3. The van der Waals surface area contributed by atoms with Gasteiger partial charge in [0.1, 0.15) is 0 Å². The van der Waals surface area contributed by atoms with Crippen molar-refractivity contribution >= 4 is 18.0 Å². The van der Waals surface area contributed by atoms with Crippen molar-refractivity contribution < 1.29 is 47.5 Å². The molecule has 44 heavy (non-hydrogen) atoms. The van der Waals surface area contributed by atoms with Crippen LogP contribution in [0.3, 0.4) is 0 Å². The second-order valence-corrected chi connectivity index (χ2v) is 9.93. The van der Waals surface area contributed by atoms with E-state index in [9.17, 15) is 9.59 Å². The summed E-state index contributed by atoms with van der Waals surface area (Å²) in [7, 11) is 11.2. The molecule has 0 aliphatic heterocycles. The standard InChI is InChI=1S/C33H47NO10/c1-34(17-13-19-43-30(35)15-14-24-20-26(37-2)31(41-6)27(21-24)38-3)16-11-9-8-10-12-18-44-33(36)25-22-28(39-4)32(42-7)29(23-25)40-5/h14-15,20-23H,8-13,16-19H2,1-7H3/b15-14+. The molecule has 0 saturated heterocycles. The summed E-state index contributed by atoms with van der Waals surface area (Å²) in [5.74, 6) is 1.93. The van der Waals surface area contributed by atoms with Gasteiger partial charge in [-0.15, -0.1) is 0 Å². The van der Waals surface area contributed by atoms with E-state index in [-0.39, 0.29) is 0 Å². The lowest BCUT2D eigenvalue weighted by Crippen LogP contribution is -2.22. The van der Waals surface area contributed by atoms with Gasteiger partial charge in [0.2, 0.25) is 11.5 Å². The van der Waals surface area contributed by atoms with Crippen LogP contribution in [-0.4, -0.2) is 92.8 Å². The molecule has 11 nitrogen and oxygen atoms in total. The van der Waals surface area contributed by atoms with Crippen molar-refractivity contribution in [3.8, 4) is 34.5 Å². The predicted molar refractivity (Wildman–Crippen MR) is 168 cm³/mol. The summed E-state index contributed by atoms with van der Waals surface area (Å²) < 4.78 is 42.6. The molecule has 2 aromatic carbocycles. The van der Waals surface area contributed by atoms with Gasteiger partial charge in [-0.05, 0) is 68.8 Å². The Morgan fingerprint density at radius 1 is 0.614 bits per heavy atom. The van der Waals surface area contributed by atoms with Crippen molar-refractivity contribution in [2.24, 2.45) is 0 Å². The molecule has 0 saturated carbocycles. The number of benzene rings is 2. The van der Waals surface area contributed by atoms with E-state index in [1.807, 2.05) is 0 Å². The molecule has 0 N–H and O–H groups in total. The first-order valence-electron chi connectivity index (χ1n) is 14.6. The summed E-state index contributed by atoms with van der Waals surface area (Å²) in [6.45, 7) is 2.50. The number of methoxy groups -OCH3 is 6. The Morgan fingerprint density at radius 2 is 1.09 bits per heavy atom. The summed E-state index contributed by atoms with van der Waals surface area (Å²) in [4.78, 5) is 26.8. The number of carbonyl (C=O) groups is 2. The summed E-state index contributed by atoms with van der Waals surface area (Å²) in [5, 5.41) is 0. The van der Waals surface area contributed by atoms with E-state index in [0.29, 0.717) is 53.3 Å². The van der Waals surface area contributed by atoms with Gasteiger partial charge in [0.25, 0.3) is 0 Å². The molecule has 0 unspecified atom stereocenters. The minimum absolute atomic E-state index is 0.345. The molecule has 0 aromatic heterocycles. The lowest BCUT2D eigenvalue weighted by molar-refractivity contribution is -0.137. The molecule has 2 aromatic rings. The number of ether oxygens (including phenoxy) is 8. The zero-order valence-corrected chi connectivity index (χ0v) is 27.1. The van der Waals surface area contributed by atoms with Crippen molar-refractivity contribution in [2.45, 2.75) is 38.5 Å². The first-order valence-corrected chi connectivity index (χ1v) is 14.6. The van der Waals surface area contributed by atoms with Crippen LogP contribution in [0.2, 0.25) is 0 Å². The Labute approximate surface area is 260 Å². The third-order valence-electron chi connectivity index (χ3n) is 6.85. The lowest BCUT2D eigenvalue weighted by atomic mass is 10.1. The fourth-order valence-corrected chi connectivity index (χ4v) is 4.49. The number of esters is 2. The molecular weight excluding hydrogens is 570 g/mol. The Hall–Kier alpha value is -4.12. The Balaban J connectivity index is 1.57. The fourth-order valence-electron chi connectivity index (χ4n) is 4.49. The molecule has 0 radical (unpaired) electrons. The third kappa shape index (κ3) is 11.5. The van der Waals surface area contributed by atoms with E-state index >= 15 is 0 Å². The summed E-state index contributed by atoms with van der Waals surface area (Å²) >= 11 is 0. The zero-order valence-electron chi connectivity index (χ0n) is 27.1. The Morgan fingerprint density at radius 3 is 1.64 bits per heavy atom. The van der Waals surface area contributed by atoms with Crippen LogP contribution in [0.5, 0.6) is 34.5 Å². The molecule has 0 spiro atoms. The maximum Gasteiger partial charge on any atom is 0.338 e. The van der Waals surface area contributed by atoms with Crippen LogP contribution in [0, 0.1) is 0 Å². The van der Waals surface area contributed by atoms with Gasteiger partial charge in [0.05, 0.1) is 61.4 Å². The van der Waals surface area contributed by atoms with Gasteiger partial charge in [-0.25, -0.2) is 9.59 Å². The van der Waals surface area contributed by atoms with Gasteiger partial charge in [0, 0.05) is 12.6 Å². The molecule has 11 heteroatoms. The van der Waals surface area contributed by atoms with Crippen molar-refractivity contribution in [1.82, 2.24) is 4.90 Å². The van der Waals surface area contributed by atoms with Gasteiger partial charge in [0.15, 0.2) is 23.0 Å². The number of carbonyl (C=O) groups excluding carboxylic acids is 2. The number of nitrogens with zero attached hydrogens (tertiary/aromatic N) is 1. The highest BCUT2D eigenvalue weighted by Crippen LogP contribution is 2.39. The first kappa shape index (κ1) is 36.1. The highest BCUT2D eigenvalue weighted by Gasteiger charge is 2.18. The molecule has 0 atom stereocenters. The van der Waals surface area contributed by atoms with Gasteiger partial charge < -0.3 is 42.8 Å². The number of rotatable bonds is 21. The molecule has 244 valence electrons. The lowest BCUT2D eigenvalue weighted by Gasteiger charge is -2.16. The average molecular weight is 618 g/mol. The van der Waals surface area contributed by atoms with Crippen molar-refractivity contribution in [2.75, 3.05) is 76.0 Å². The van der Waals surface area contributed by atoms with Crippen molar-refractivity contribution in [3.63, 3.8) is 0 Å². The van der Waals surface area contributed by atoms with Gasteiger partial charge in [-0.2, -0.15) is 0 Å². The maximum atomic E-state index is 12.5. The summed E-state index contributed by atoms with van der Waals surface area (Å²) in [6.07, 6.45) is 8.78. The zero-order chi connectivity index (χ0) is 32.3. The van der Waals surface area contributed by atoms with Crippen LogP contribution in [0.15, 0.2) is 30.3 Å². The van der Waals surface area contributed by atoms with E-state index in [4.69, 9.17) is 37.9 Å². The molecule has 0 aliphatic carbocycles. The minimum Gasteiger partial charge on any atom is -0.493 e. The number of unbranched alkanes of at least 4 members (excludes halogenated alkanes) is 4. The molecule has 0 heterocycles. The maximum absolute atomic E-state index is 12.5. The average Bonchev–Trinajstić information content (AvgIpc) is 3.05. The van der Waals surface area contributed by atoms with Gasteiger partial charge in [-0.3, -0.25) is 0 Å². The Bertz CT molecular complexity index is 1160. The van der Waals surface area contributed by atoms with Crippen molar-refractivity contribution in [3.05, 3.63) is 41.5 Å². The Kier molecular flexibility index (Phi) is 16.4. The SMILES string of the molecule is COc1cc(/C=C/C(=O)OCCCN(C)CCCCCCCOC(=O)c2cc(OC)c(OC)c(OC)c2)cc(OC)c1OC. The van der Waals surface area contributed by atoms with E-state index in [2.05, 4.69) is 11.9 Å². The van der Waals surface area contributed by atoms with Crippen LogP contribution in [0.1, 0.15) is 54.4 Å².